The van der Waals surface area contributed by atoms with E-state index in [2.05, 4.69) is 241 Å². The van der Waals surface area contributed by atoms with Crippen molar-refractivity contribution in [3.05, 3.63) is 271 Å². The normalized spacial score (nSPS) is 14.1. The molecule has 1 atom stereocenters. The summed E-state index contributed by atoms with van der Waals surface area (Å²) in [6.45, 7) is 0. The van der Waals surface area contributed by atoms with Gasteiger partial charge in [-0.05, 0) is 104 Å². The molecule has 0 amide bonds. The first-order valence-corrected chi connectivity index (χ1v) is 21.7. The zero-order valence-corrected chi connectivity index (χ0v) is 34.5. The van der Waals surface area contributed by atoms with E-state index in [9.17, 15) is 0 Å². The molecule has 0 bridgehead atoms. The lowest BCUT2D eigenvalue weighted by Gasteiger charge is -2.34. The fourth-order valence-electron chi connectivity index (χ4n) is 10.2. The van der Waals surface area contributed by atoms with E-state index in [4.69, 9.17) is 4.42 Å². The van der Waals surface area contributed by atoms with Crippen LogP contribution in [0.25, 0.3) is 66.4 Å². The molecule has 10 aromatic carbocycles. The first kappa shape index (κ1) is 36.6. The Kier molecular flexibility index (Phi) is 8.76. The average molecular weight is 804 g/mol. The van der Waals surface area contributed by atoms with Crippen LogP contribution in [0.3, 0.4) is 0 Å². The number of nitrogens with zero attached hydrogens (tertiary/aromatic N) is 1. The Morgan fingerprint density at radius 3 is 1.51 bits per heavy atom. The van der Waals surface area contributed by atoms with Crippen LogP contribution in [0.1, 0.15) is 22.3 Å². The van der Waals surface area contributed by atoms with Gasteiger partial charge < -0.3 is 9.32 Å². The number of anilines is 3. The second kappa shape index (κ2) is 15.1. The van der Waals surface area contributed by atoms with Gasteiger partial charge in [-0.15, -0.1) is 0 Å². The van der Waals surface area contributed by atoms with Gasteiger partial charge in [-0.3, -0.25) is 0 Å². The van der Waals surface area contributed by atoms with Gasteiger partial charge in [0.2, 0.25) is 0 Å². The molecule has 12 rings (SSSR count). The van der Waals surface area contributed by atoms with Crippen molar-refractivity contribution in [1.29, 1.82) is 0 Å². The molecule has 11 aromatic rings. The Balaban J connectivity index is 0.954. The van der Waals surface area contributed by atoms with Gasteiger partial charge in [0.15, 0.2) is 0 Å². The molecule has 1 unspecified atom stereocenters. The van der Waals surface area contributed by atoms with E-state index in [0.29, 0.717) is 0 Å². The maximum atomic E-state index is 6.41. The molecule has 0 radical (unpaired) electrons. The van der Waals surface area contributed by atoms with Gasteiger partial charge in [0.1, 0.15) is 11.2 Å². The van der Waals surface area contributed by atoms with Gasteiger partial charge >= 0.3 is 0 Å². The second-order valence-electron chi connectivity index (χ2n) is 16.4. The summed E-state index contributed by atoms with van der Waals surface area (Å²) in [5, 5.41) is 2.27. The number of furan rings is 1. The van der Waals surface area contributed by atoms with Crippen molar-refractivity contribution >= 4 is 39.0 Å². The van der Waals surface area contributed by atoms with Gasteiger partial charge in [0.25, 0.3) is 0 Å². The molecular weight excluding hydrogens is 763 g/mol. The molecule has 2 nitrogen and oxygen atoms in total. The predicted molar refractivity (Wildman–Crippen MR) is 262 cm³/mol. The molecule has 0 saturated carbocycles. The summed E-state index contributed by atoms with van der Waals surface area (Å²) in [5.74, 6) is 0. The molecule has 296 valence electrons. The topological polar surface area (TPSA) is 16.4 Å². The fraction of sp³-hybridized carbons (Fsp3) is 0.0164. The summed E-state index contributed by atoms with van der Waals surface area (Å²) in [6, 6.07) is 90.1. The quantitative estimate of drug-likeness (QED) is 0.152. The maximum Gasteiger partial charge on any atom is 0.143 e. The third-order valence-electron chi connectivity index (χ3n) is 13.0. The summed E-state index contributed by atoms with van der Waals surface area (Å²) in [4.78, 5) is 2.33. The Morgan fingerprint density at radius 1 is 0.302 bits per heavy atom. The van der Waals surface area contributed by atoms with Gasteiger partial charge in [0, 0.05) is 33.4 Å². The Labute approximate surface area is 367 Å². The summed E-state index contributed by atoms with van der Waals surface area (Å²) in [6.07, 6.45) is 0. The summed E-state index contributed by atoms with van der Waals surface area (Å²) in [5.41, 5.74) is 19.3. The first-order valence-electron chi connectivity index (χ1n) is 21.7. The highest BCUT2D eigenvalue weighted by Crippen LogP contribution is 2.58. The number of fused-ring (bicyclic) bond motifs is 6. The fourth-order valence-corrected chi connectivity index (χ4v) is 10.2. The molecule has 0 saturated heterocycles. The van der Waals surface area contributed by atoms with E-state index in [0.717, 1.165) is 50.1 Å². The second-order valence-corrected chi connectivity index (χ2v) is 16.4. The zero-order valence-electron chi connectivity index (χ0n) is 34.5. The number of rotatable bonds is 8. The Bertz CT molecular complexity index is 3410. The van der Waals surface area contributed by atoms with Crippen LogP contribution in [0.4, 0.5) is 17.1 Å². The Hall–Kier alpha value is -8.20. The van der Waals surface area contributed by atoms with E-state index in [1.54, 1.807) is 0 Å². The number of benzene rings is 10. The van der Waals surface area contributed by atoms with Gasteiger partial charge in [0.05, 0.1) is 5.41 Å². The predicted octanol–water partition coefficient (Wildman–Crippen LogP) is 16.4. The molecule has 1 aliphatic carbocycles. The molecule has 1 aliphatic rings. The van der Waals surface area contributed by atoms with Crippen LogP contribution < -0.4 is 4.90 Å². The lowest BCUT2D eigenvalue weighted by atomic mass is 9.67. The third kappa shape index (κ3) is 5.95. The van der Waals surface area contributed by atoms with E-state index in [-0.39, 0.29) is 0 Å². The molecule has 1 heterocycles. The lowest BCUT2D eigenvalue weighted by molar-refractivity contribution is 0.670. The molecule has 0 aliphatic heterocycles. The first-order chi connectivity index (χ1) is 31.3. The van der Waals surface area contributed by atoms with E-state index >= 15 is 0 Å². The maximum absolute atomic E-state index is 6.41. The van der Waals surface area contributed by atoms with E-state index < -0.39 is 5.41 Å². The van der Waals surface area contributed by atoms with Crippen molar-refractivity contribution < 1.29 is 4.42 Å². The molecule has 0 spiro atoms. The summed E-state index contributed by atoms with van der Waals surface area (Å²) in [7, 11) is 0. The van der Waals surface area contributed by atoms with Crippen molar-refractivity contribution in [3.8, 4) is 44.5 Å². The van der Waals surface area contributed by atoms with Crippen molar-refractivity contribution in [3.63, 3.8) is 0 Å². The average Bonchev–Trinajstić information content (AvgIpc) is 3.90. The van der Waals surface area contributed by atoms with Crippen LogP contribution in [0, 0.1) is 0 Å². The minimum absolute atomic E-state index is 0.495. The van der Waals surface area contributed by atoms with Crippen molar-refractivity contribution in [2.45, 2.75) is 5.41 Å². The SMILES string of the molecule is c1ccc(-c2ccc(C3(c4ccccc4)c4ccccc4-c4c(-c5ccc(N(c6ccccc6)c6ccc(-c7cccc8c7oc7ccccc78)cc6)cc5)cccc43)cc2)cc1. The number of hydrogen-bond donors (Lipinski definition) is 0. The minimum Gasteiger partial charge on any atom is -0.455 e. The van der Waals surface area contributed by atoms with E-state index in [1.165, 1.54) is 55.6 Å². The van der Waals surface area contributed by atoms with Crippen LogP contribution in [0.5, 0.6) is 0 Å². The summed E-state index contributed by atoms with van der Waals surface area (Å²) >= 11 is 0. The van der Waals surface area contributed by atoms with Crippen LogP contribution in [0.15, 0.2) is 253 Å². The summed E-state index contributed by atoms with van der Waals surface area (Å²) < 4.78 is 6.41. The van der Waals surface area contributed by atoms with Crippen LogP contribution >= 0.6 is 0 Å². The van der Waals surface area contributed by atoms with Crippen LogP contribution in [0.2, 0.25) is 0 Å². The highest BCUT2D eigenvalue weighted by molar-refractivity contribution is 6.09. The minimum atomic E-state index is -0.495. The highest BCUT2D eigenvalue weighted by atomic mass is 16.3. The molecule has 1 aromatic heterocycles. The van der Waals surface area contributed by atoms with E-state index in [1.807, 2.05) is 12.1 Å². The van der Waals surface area contributed by atoms with Gasteiger partial charge in [-0.25, -0.2) is 0 Å². The number of hydrogen-bond acceptors (Lipinski definition) is 2. The van der Waals surface area contributed by atoms with Crippen molar-refractivity contribution in [2.75, 3.05) is 4.90 Å². The van der Waals surface area contributed by atoms with Crippen molar-refractivity contribution in [1.82, 2.24) is 0 Å². The zero-order chi connectivity index (χ0) is 41.7. The standard InChI is InChI=1S/C61H41NO/c1-4-16-42(17-5-1)43-30-36-47(37-31-43)61(46-18-6-2-7-19-46)56-27-12-10-23-55(56)59-51(24-15-28-57(59)61)44-32-38-49(39-33-44)62(48-20-8-3-9-21-48)50-40-34-45(35-41-50)52-25-14-26-54-53-22-11-13-29-58(53)63-60(52)54/h1-41H. The number of para-hydroxylation sites is 3. The molecular formula is C61H41NO. The monoisotopic (exact) mass is 803 g/mol. The molecule has 0 fully saturated rings. The molecule has 2 heteroatoms. The smallest absolute Gasteiger partial charge is 0.143 e. The Morgan fingerprint density at radius 2 is 0.778 bits per heavy atom. The van der Waals surface area contributed by atoms with Crippen LogP contribution in [-0.4, -0.2) is 0 Å². The lowest BCUT2D eigenvalue weighted by Crippen LogP contribution is -2.28. The third-order valence-corrected chi connectivity index (χ3v) is 13.0. The van der Waals surface area contributed by atoms with Gasteiger partial charge in [-0.2, -0.15) is 0 Å². The largest absolute Gasteiger partial charge is 0.455 e. The van der Waals surface area contributed by atoms with Gasteiger partial charge in [-0.1, -0.05) is 206 Å². The molecule has 0 N–H and O–H groups in total. The highest BCUT2D eigenvalue weighted by Gasteiger charge is 2.46. The van der Waals surface area contributed by atoms with Crippen LogP contribution in [-0.2, 0) is 5.41 Å². The molecule has 63 heavy (non-hydrogen) atoms. The van der Waals surface area contributed by atoms with Crippen molar-refractivity contribution in [2.24, 2.45) is 0 Å².